The third-order valence-corrected chi connectivity index (χ3v) is 0.741. The molecule has 8 heavy (non-hydrogen) atoms. The Labute approximate surface area is 49.1 Å². The second kappa shape index (κ2) is 4.20. The smallest absolute Gasteiger partial charge is 0.190 e. The van der Waals surface area contributed by atoms with Gasteiger partial charge in [-0.3, -0.25) is 0 Å². The predicted octanol–water partition coefficient (Wildman–Crippen LogP) is 1.75. The molecule has 0 aliphatic heterocycles. The maximum Gasteiger partial charge on any atom is 0.190 e. The zero-order valence-electron chi connectivity index (χ0n) is 4.89. The second-order valence-corrected chi connectivity index (χ2v) is 1.49. The first kappa shape index (κ1) is 7.03. The maximum atomic E-state index is 8.49. The Morgan fingerprint density at radius 2 is 2.50 bits per heavy atom. The first-order valence-electron chi connectivity index (χ1n) is 2.60. The number of unbranched alkanes of at least 4 members (excludes halogenated alkanes) is 1. The molecule has 0 aromatic rings. The molecule has 0 saturated carbocycles. The molecular weight excluding hydrogens is 102 g/mol. The summed E-state index contributed by atoms with van der Waals surface area (Å²) in [5, 5.41) is 16.5. The summed E-state index contributed by atoms with van der Waals surface area (Å²) in [6.45, 7) is 1.99. The number of rotatable bonds is 2. The van der Waals surface area contributed by atoms with Crippen LogP contribution in [0.3, 0.4) is 0 Å². The summed E-state index contributed by atoms with van der Waals surface area (Å²) in [7, 11) is 0. The molecule has 0 unspecified atom stereocenters. The molecule has 0 saturated heterocycles. The van der Waals surface area contributed by atoms with Gasteiger partial charge in [-0.25, -0.2) is 0 Å². The minimum absolute atomic E-state index is 0.174. The van der Waals surface area contributed by atoms with E-state index >= 15 is 0 Å². The number of hydrogen-bond donors (Lipinski definition) is 1. The molecule has 0 spiro atoms. The number of hydrogen-bond acceptors (Lipinski definition) is 2. The van der Waals surface area contributed by atoms with Gasteiger partial charge in [-0.2, -0.15) is 5.26 Å². The Kier molecular flexibility index (Phi) is 3.69. The lowest BCUT2D eigenvalue weighted by Crippen LogP contribution is -1.72. The molecule has 0 rings (SSSR count). The van der Waals surface area contributed by atoms with Crippen molar-refractivity contribution in [1.82, 2.24) is 0 Å². The van der Waals surface area contributed by atoms with Gasteiger partial charge < -0.3 is 5.11 Å². The zero-order valence-corrected chi connectivity index (χ0v) is 4.89. The standard InChI is InChI=1S/C6H9NO/c1-2-3-4-6(8)5-7/h4,8H,2-3H2,1H3/b6-4+. The topological polar surface area (TPSA) is 44.0 Å². The summed E-state index contributed by atoms with van der Waals surface area (Å²) in [6, 6.07) is 1.62. The van der Waals surface area contributed by atoms with E-state index < -0.39 is 0 Å². The molecule has 0 atom stereocenters. The average molecular weight is 111 g/mol. The first-order chi connectivity index (χ1) is 3.81. The Hall–Kier alpha value is -0.970. The molecule has 1 N–H and O–H groups in total. The highest BCUT2D eigenvalue weighted by molar-refractivity contribution is 5.10. The molecule has 44 valence electrons. The van der Waals surface area contributed by atoms with Crippen LogP contribution in [0.15, 0.2) is 11.8 Å². The van der Waals surface area contributed by atoms with E-state index in [1.807, 2.05) is 6.92 Å². The Morgan fingerprint density at radius 1 is 1.88 bits per heavy atom. The molecule has 2 heteroatoms. The van der Waals surface area contributed by atoms with Gasteiger partial charge in [0.25, 0.3) is 0 Å². The van der Waals surface area contributed by atoms with E-state index in [9.17, 15) is 0 Å². The van der Waals surface area contributed by atoms with E-state index in [-0.39, 0.29) is 5.76 Å². The van der Waals surface area contributed by atoms with Crippen molar-refractivity contribution in [3.8, 4) is 6.07 Å². The van der Waals surface area contributed by atoms with Gasteiger partial charge in [-0.15, -0.1) is 0 Å². The number of allylic oxidation sites excluding steroid dienone is 2. The molecule has 0 amide bonds. The third kappa shape index (κ3) is 3.23. The molecule has 0 heterocycles. The van der Waals surface area contributed by atoms with Crippen LogP contribution < -0.4 is 0 Å². The molecule has 0 fully saturated rings. The minimum atomic E-state index is -0.174. The van der Waals surface area contributed by atoms with Crippen molar-refractivity contribution in [2.45, 2.75) is 19.8 Å². The number of aliphatic hydroxyl groups is 1. The van der Waals surface area contributed by atoms with Crippen molar-refractivity contribution in [3.05, 3.63) is 11.8 Å². The quantitative estimate of drug-likeness (QED) is 0.335. The normalized spacial score (nSPS) is 10.8. The maximum absolute atomic E-state index is 8.49. The monoisotopic (exact) mass is 111 g/mol. The van der Waals surface area contributed by atoms with Gasteiger partial charge in [0.15, 0.2) is 5.76 Å². The third-order valence-electron chi connectivity index (χ3n) is 0.741. The van der Waals surface area contributed by atoms with Crippen LogP contribution in [0.2, 0.25) is 0 Å². The zero-order chi connectivity index (χ0) is 6.41. The average Bonchev–Trinajstić information content (AvgIpc) is 1.83. The van der Waals surface area contributed by atoms with Crippen LogP contribution in [0, 0.1) is 11.3 Å². The van der Waals surface area contributed by atoms with Gasteiger partial charge in [0.05, 0.1) is 0 Å². The molecule has 0 bridgehead atoms. The highest BCUT2D eigenvalue weighted by atomic mass is 16.3. The largest absolute Gasteiger partial charge is 0.500 e. The Morgan fingerprint density at radius 3 is 2.88 bits per heavy atom. The van der Waals surface area contributed by atoms with Gasteiger partial charge in [-0.05, 0) is 12.5 Å². The van der Waals surface area contributed by atoms with E-state index in [1.165, 1.54) is 6.08 Å². The SMILES string of the molecule is CCC/C=C(/O)C#N. The van der Waals surface area contributed by atoms with Gasteiger partial charge in [0.1, 0.15) is 6.07 Å². The van der Waals surface area contributed by atoms with E-state index in [0.717, 1.165) is 12.8 Å². The van der Waals surface area contributed by atoms with Gasteiger partial charge in [0.2, 0.25) is 0 Å². The summed E-state index contributed by atoms with van der Waals surface area (Å²) in [6.07, 6.45) is 3.26. The summed E-state index contributed by atoms with van der Waals surface area (Å²) >= 11 is 0. The fraction of sp³-hybridized carbons (Fsp3) is 0.500. The van der Waals surface area contributed by atoms with Crippen molar-refractivity contribution in [3.63, 3.8) is 0 Å². The molecular formula is C6H9NO. The van der Waals surface area contributed by atoms with Crippen LogP contribution in [-0.2, 0) is 0 Å². The van der Waals surface area contributed by atoms with Crippen LogP contribution in [-0.4, -0.2) is 5.11 Å². The molecule has 0 aromatic heterocycles. The summed E-state index contributed by atoms with van der Waals surface area (Å²) in [4.78, 5) is 0. The van der Waals surface area contributed by atoms with E-state index in [0.29, 0.717) is 0 Å². The van der Waals surface area contributed by atoms with Crippen LogP contribution in [0.1, 0.15) is 19.8 Å². The first-order valence-corrected chi connectivity index (χ1v) is 2.60. The predicted molar refractivity (Wildman–Crippen MR) is 31.2 cm³/mol. The fourth-order valence-corrected chi connectivity index (χ4v) is 0.327. The van der Waals surface area contributed by atoms with Gasteiger partial charge >= 0.3 is 0 Å². The molecule has 2 nitrogen and oxygen atoms in total. The van der Waals surface area contributed by atoms with Crippen molar-refractivity contribution in [2.24, 2.45) is 0 Å². The molecule has 0 aromatic carbocycles. The van der Waals surface area contributed by atoms with Crippen molar-refractivity contribution in [2.75, 3.05) is 0 Å². The Balaban J connectivity index is 3.46. The van der Waals surface area contributed by atoms with Crippen molar-refractivity contribution >= 4 is 0 Å². The summed E-state index contributed by atoms with van der Waals surface area (Å²) in [5.41, 5.74) is 0. The summed E-state index contributed by atoms with van der Waals surface area (Å²) in [5.74, 6) is -0.174. The highest BCUT2D eigenvalue weighted by Gasteiger charge is 1.82. The van der Waals surface area contributed by atoms with Gasteiger partial charge in [0, 0.05) is 0 Å². The molecule has 0 radical (unpaired) electrons. The van der Waals surface area contributed by atoms with Crippen molar-refractivity contribution < 1.29 is 5.11 Å². The fourth-order valence-electron chi connectivity index (χ4n) is 0.327. The number of nitrogens with zero attached hydrogens (tertiary/aromatic N) is 1. The van der Waals surface area contributed by atoms with Crippen LogP contribution >= 0.6 is 0 Å². The second-order valence-electron chi connectivity index (χ2n) is 1.49. The van der Waals surface area contributed by atoms with E-state index in [4.69, 9.17) is 10.4 Å². The Bertz CT molecular complexity index is 121. The van der Waals surface area contributed by atoms with Crippen LogP contribution in [0.4, 0.5) is 0 Å². The molecule has 0 aliphatic rings. The van der Waals surface area contributed by atoms with Crippen LogP contribution in [0.5, 0.6) is 0 Å². The number of aliphatic hydroxyl groups excluding tert-OH is 1. The lowest BCUT2D eigenvalue weighted by Gasteiger charge is -1.82. The minimum Gasteiger partial charge on any atom is -0.500 e. The van der Waals surface area contributed by atoms with Crippen LogP contribution in [0.25, 0.3) is 0 Å². The highest BCUT2D eigenvalue weighted by Crippen LogP contribution is 1.92. The van der Waals surface area contributed by atoms with E-state index in [2.05, 4.69) is 0 Å². The lowest BCUT2D eigenvalue weighted by molar-refractivity contribution is 0.433. The van der Waals surface area contributed by atoms with E-state index in [1.54, 1.807) is 6.07 Å². The summed E-state index contributed by atoms with van der Waals surface area (Å²) < 4.78 is 0. The lowest BCUT2D eigenvalue weighted by atomic mass is 10.3. The van der Waals surface area contributed by atoms with Gasteiger partial charge in [-0.1, -0.05) is 13.3 Å². The molecule has 0 aliphatic carbocycles. The van der Waals surface area contributed by atoms with Crippen molar-refractivity contribution in [1.29, 1.82) is 5.26 Å². The number of nitriles is 1.